The van der Waals surface area contributed by atoms with Crippen LogP contribution in [0.15, 0.2) is 43.0 Å². The zero-order valence-corrected chi connectivity index (χ0v) is 12.4. The quantitative estimate of drug-likeness (QED) is 0.645. The normalized spacial score (nSPS) is 18.5. The molecule has 0 aromatic heterocycles. The van der Waals surface area contributed by atoms with Crippen LogP contribution >= 0.6 is 0 Å². The first-order valence-electron chi connectivity index (χ1n) is 7.59. The van der Waals surface area contributed by atoms with Crippen LogP contribution in [0.2, 0.25) is 0 Å². The zero-order valence-electron chi connectivity index (χ0n) is 12.4. The number of ether oxygens (including phenoxy) is 1. The van der Waals surface area contributed by atoms with Gasteiger partial charge in [0.05, 0.1) is 0 Å². The Morgan fingerprint density at radius 2 is 2.00 bits per heavy atom. The van der Waals surface area contributed by atoms with Crippen molar-refractivity contribution in [3.8, 4) is 0 Å². The van der Waals surface area contributed by atoms with E-state index in [1.807, 2.05) is 30.3 Å². The molecule has 114 valence electrons. The molecule has 4 heteroatoms. The van der Waals surface area contributed by atoms with Crippen LogP contribution < -0.4 is 11.1 Å². The number of rotatable bonds is 5. The van der Waals surface area contributed by atoms with E-state index in [1.54, 1.807) is 6.08 Å². The van der Waals surface area contributed by atoms with Gasteiger partial charge >= 0.3 is 6.09 Å². The summed E-state index contributed by atoms with van der Waals surface area (Å²) in [6.07, 6.45) is 6.58. The summed E-state index contributed by atoms with van der Waals surface area (Å²) < 4.78 is 5.65. The Morgan fingerprint density at radius 3 is 2.62 bits per heavy atom. The van der Waals surface area contributed by atoms with Gasteiger partial charge in [-0.1, -0.05) is 55.7 Å². The molecule has 1 aliphatic carbocycles. The maximum absolute atomic E-state index is 12.0. The number of benzene rings is 1. The standard InChI is InChI=1S/C17H24N2O2/c1-2-13-19-16(20)21-17(18,14-9-5-3-6-10-14)15-11-7-4-8-12-15/h2-3,5-6,9-10,15H,1,4,7-8,11-13,18H2,(H,19,20). The second-order valence-electron chi connectivity index (χ2n) is 5.55. The summed E-state index contributed by atoms with van der Waals surface area (Å²) in [7, 11) is 0. The van der Waals surface area contributed by atoms with Crippen molar-refractivity contribution in [3.63, 3.8) is 0 Å². The molecule has 0 radical (unpaired) electrons. The van der Waals surface area contributed by atoms with Gasteiger partial charge in [0, 0.05) is 18.0 Å². The molecule has 0 bridgehead atoms. The minimum absolute atomic E-state index is 0.156. The van der Waals surface area contributed by atoms with Gasteiger partial charge in [-0.25, -0.2) is 4.79 Å². The number of carbonyl (C=O) groups is 1. The number of alkyl carbamates (subject to hydrolysis) is 1. The number of hydrogen-bond acceptors (Lipinski definition) is 3. The average Bonchev–Trinajstić information content (AvgIpc) is 2.54. The van der Waals surface area contributed by atoms with E-state index in [0.717, 1.165) is 31.2 Å². The Balaban J connectivity index is 2.20. The van der Waals surface area contributed by atoms with Crippen molar-refractivity contribution in [1.82, 2.24) is 5.32 Å². The maximum Gasteiger partial charge on any atom is 0.409 e. The van der Waals surface area contributed by atoms with Gasteiger partial charge < -0.3 is 10.1 Å². The van der Waals surface area contributed by atoms with Crippen molar-refractivity contribution in [1.29, 1.82) is 0 Å². The molecule has 1 aliphatic rings. The Morgan fingerprint density at radius 1 is 1.33 bits per heavy atom. The van der Waals surface area contributed by atoms with Gasteiger partial charge in [0.15, 0.2) is 5.72 Å². The minimum atomic E-state index is -1.06. The van der Waals surface area contributed by atoms with E-state index < -0.39 is 11.8 Å². The number of carbonyl (C=O) groups excluding carboxylic acids is 1. The van der Waals surface area contributed by atoms with Crippen LogP contribution in [0.4, 0.5) is 4.79 Å². The van der Waals surface area contributed by atoms with E-state index in [2.05, 4.69) is 11.9 Å². The second-order valence-corrected chi connectivity index (χ2v) is 5.55. The predicted octanol–water partition coefficient (Wildman–Crippen LogP) is 3.29. The number of amides is 1. The van der Waals surface area contributed by atoms with Crippen LogP contribution in [0.1, 0.15) is 37.7 Å². The van der Waals surface area contributed by atoms with Crippen molar-refractivity contribution in [2.75, 3.05) is 6.54 Å². The fourth-order valence-electron chi connectivity index (χ4n) is 2.95. The fraction of sp³-hybridized carbons (Fsp3) is 0.471. The van der Waals surface area contributed by atoms with Crippen LogP contribution in [0.25, 0.3) is 0 Å². The van der Waals surface area contributed by atoms with Gasteiger partial charge in [0.25, 0.3) is 0 Å². The van der Waals surface area contributed by atoms with Gasteiger partial charge in [-0.3, -0.25) is 5.73 Å². The molecule has 0 saturated heterocycles. The summed E-state index contributed by atoms with van der Waals surface area (Å²) in [6.45, 7) is 3.95. The largest absolute Gasteiger partial charge is 0.423 e. The first-order valence-corrected chi connectivity index (χ1v) is 7.59. The van der Waals surface area contributed by atoms with Crippen LogP contribution in [-0.4, -0.2) is 12.6 Å². The Kier molecular flexibility index (Phi) is 5.39. The maximum atomic E-state index is 12.0. The van der Waals surface area contributed by atoms with E-state index >= 15 is 0 Å². The van der Waals surface area contributed by atoms with E-state index in [9.17, 15) is 4.79 Å². The fourth-order valence-corrected chi connectivity index (χ4v) is 2.95. The molecule has 21 heavy (non-hydrogen) atoms. The molecule has 0 spiro atoms. The first-order chi connectivity index (χ1) is 10.2. The second kappa shape index (κ2) is 7.27. The minimum Gasteiger partial charge on any atom is -0.423 e. The van der Waals surface area contributed by atoms with Crippen LogP contribution in [0.3, 0.4) is 0 Å². The highest BCUT2D eigenvalue weighted by Gasteiger charge is 2.41. The summed E-state index contributed by atoms with van der Waals surface area (Å²) in [5.74, 6) is 0.156. The molecule has 1 aromatic rings. The lowest BCUT2D eigenvalue weighted by Crippen LogP contribution is -2.50. The van der Waals surface area contributed by atoms with Gasteiger partial charge in [-0.05, 0) is 12.8 Å². The molecule has 0 heterocycles. The average molecular weight is 288 g/mol. The van der Waals surface area contributed by atoms with Crippen LogP contribution in [0.5, 0.6) is 0 Å². The highest BCUT2D eigenvalue weighted by atomic mass is 16.6. The molecule has 0 aliphatic heterocycles. The molecule has 4 nitrogen and oxygen atoms in total. The third-order valence-electron chi connectivity index (χ3n) is 4.09. The first kappa shape index (κ1) is 15.6. The van der Waals surface area contributed by atoms with Crippen molar-refractivity contribution < 1.29 is 9.53 Å². The lowest BCUT2D eigenvalue weighted by molar-refractivity contribution is -0.0473. The van der Waals surface area contributed by atoms with Gasteiger partial charge in [-0.15, -0.1) is 6.58 Å². The summed E-state index contributed by atoms with van der Waals surface area (Å²) in [5.41, 5.74) is 6.35. The molecule has 2 rings (SSSR count). The Labute approximate surface area is 126 Å². The molecular formula is C17H24N2O2. The topological polar surface area (TPSA) is 64.3 Å². The summed E-state index contributed by atoms with van der Waals surface area (Å²) in [5, 5.41) is 2.64. The van der Waals surface area contributed by atoms with E-state index in [0.29, 0.717) is 6.54 Å². The lowest BCUT2D eigenvalue weighted by Gasteiger charge is -2.39. The number of hydrogen-bond donors (Lipinski definition) is 2. The molecule has 1 aromatic carbocycles. The van der Waals surface area contributed by atoms with E-state index in [1.165, 1.54) is 6.42 Å². The van der Waals surface area contributed by atoms with Crippen molar-refractivity contribution >= 4 is 6.09 Å². The molecule has 1 saturated carbocycles. The number of nitrogens with two attached hydrogens (primary N) is 1. The van der Waals surface area contributed by atoms with Crippen LogP contribution in [0, 0.1) is 5.92 Å². The van der Waals surface area contributed by atoms with Gasteiger partial charge in [-0.2, -0.15) is 0 Å². The van der Waals surface area contributed by atoms with Gasteiger partial charge in [0.1, 0.15) is 0 Å². The zero-order chi connectivity index (χ0) is 15.1. The molecule has 1 amide bonds. The van der Waals surface area contributed by atoms with Gasteiger partial charge in [0.2, 0.25) is 0 Å². The highest BCUT2D eigenvalue weighted by molar-refractivity contribution is 5.68. The smallest absolute Gasteiger partial charge is 0.409 e. The molecule has 1 unspecified atom stereocenters. The SMILES string of the molecule is C=CCNC(=O)OC(N)(c1ccccc1)C1CCCCC1. The highest BCUT2D eigenvalue weighted by Crippen LogP contribution is 2.38. The van der Waals surface area contributed by atoms with E-state index in [-0.39, 0.29) is 5.92 Å². The van der Waals surface area contributed by atoms with E-state index in [4.69, 9.17) is 10.5 Å². The third-order valence-corrected chi connectivity index (χ3v) is 4.09. The number of nitrogens with one attached hydrogen (secondary N) is 1. The summed E-state index contributed by atoms with van der Waals surface area (Å²) in [4.78, 5) is 12.0. The van der Waals surface area contributed by atoms with Crippen LogP contribution in [-0.2, 0) is 10.5 Å². The summed E-state index contributed by atoms with van der Waals surface area (Å²) in [6, 6.07) is 9.63. The Hall–Kier alpha value is -1.81. The Bertz CT molecular complexity index is 469. The van der Waals surface area contributed by atoms with Crippen molar-refractivity contribution in [3.05, 3.63) is 48.6 Å². The summed E-state index contributed by atoms with van der Waals surface area (Å²) >= 11 is 0. The molecular weight excluding hydrogens is 264 g/mol. The van der Waals surface area contributed by atoms with Crippen molar-refractivity contribution in [2.24, 2.45) is 11.7 Å². The van der Waals surface area contributed by atoms with Crippen molar-refractivity contribution in [2.45, 2.75) is 37.8 Å². The predicted molar refractivity (Wildman–Crippen MR) is 83.6 cm³/mol. The lowest BCUT2D eigenvalue weighted by atomic mass is 9.78. The monoisotopic (exact) mass is 288 g/mol. The molecule has 1 atom stereocenters. The third kappa shape index (κ3) is 3.85. The molecule has 1 fully saturated rings. The molecule has 3 N–H and O–H groups in total.